The molecule has 1 unspecified atom stereocenters. The first-order valence-corrected chi connectivity index (χ1v) is 7.71. The lowest BCUT2D eigenvalue weighted by Crippen LogP contribution is -2.24. The van der Waals surface area contributed by atoms with Gasteiger partial charge in [-0.1, -0.05) is 29.8 Å². The predicted molar refractivity (Wildman–Crippen MR) is 90.9 cm³/mol. The fourth-order valence-electron chi connectivity index (χ4n) is 3.04. The zero-order chi connectivity index (χ0) is 16.6. The van der Waals surface area contributed by atoms with Crippen molar-refractivity contribution in [3.63, 3.8) is 0 Å². The Bertz CT molecular complexity index is 760. The van der Waals surface area contributed by atoms with E-state index < -0.39 is 0 Å². The molecule has 0 spiro atoms. The third kappa shape index (κ3) is 2.63. The molecular weight excluding hydrogens is 314 g/mol. The van der Waals surface area contributed by atoms with Crippen LogP contribution in [0, 0.1) is 0 Å². The van der Waals surface area contributed by atoms with E-state index in [2.05, 4.69) is 0 Å². The van der Waals surface area contributed by atoms with Crippen LogP contribution in [0.4, 0.5) is 5.69 Å². The molecule has 0 aromatic heterocycles. The number of amides is 1. The van der Waals surface area contributed by atoms with Crippen molar-refractivity contribution in [2.75, 3.05) is 26.2 Å². The van der Waals surface area contributed by atoms with Crippen LogP contribution in [0.25, 0.3) is 0 Å². The molecule has 0 radical (unpaired) electrons. The molecule has 0 saturated carbocycles. The Morgan fingerprint density at radius 3 is 2.48 bits per heavy atom. The number of fused-ring (bicyclic) bond motifs is 1. The Balaban J connectivity index is 1.98. The maximum absolute atomic E-state index is 12.6. The molecule has 1 aliphatic heterocycles. The number of likely N-dealkylation sites (N-methyl/N-ethyl adjacent to an activating group) is 1. The molecule has 0 fully saturated rings. The Hall–Kier alpha value is -2.20. The van der Waals surface area contributed by atoms with E-state index in [9.17, 15) is 4.79 Å². The number of hydrogen-bond donors (Lipinski definition) is 0. The number of nitrogens with zero attached hydrogens (tertiary/aromatic N) is 1. The number of methoxy groups -OCH3 is 2. The van der Waals surface area contributed by atoms with Gasteiger partial charge in [0.15, 0.2) is 11.5 Å². The summed E-state index contributed by atoms with van der Waals surface area (Å²) in [6, 6.07) is 11.4. The van der Waals surface area contributed by atoms with E-state index in [0.717, 1.165) is 16.8 Å². The fraction of sp³-hybridized carbons (Fsp3) is 0.278. The monoisotopic (exact) mass is 331 g/mol. The number of carbonyl (C=O) groups excluding carboxylic acids is 1. The summed E-state index contributed by atoms with van der Waals surface area (Å²) in [6.07, 6.45) is 0.527. The highest BCUT2D eigenvalue weighted by molar-refractivity contribution is 6.31. The molecule has 120 valence electrons. The maximum Gasteiger partial charge on any atom is 0.234 e. The van der Waals surface area contributed by atoms with Gasteiger partial charge in [0.2, 0.25) is 5.91 Å². The zero-order valence-corrected chi connectivity index (χ0v) is 14.1. The van der Waals surface area contributed by atoms with Gasteiger partial charge < -0.3 is 14.4 Å². The van der Waals surface area contributed by atoms with Crippen LogP contribution in [0.3, 0.4) is 0 Å². The zero-order valence-electron chi connectivity index (χ0n) is 13.3. The van der Waals surface area contributed by atoms with E-state index >= 15 is 0 Å². The second-order valence-electron chi connectivity index (χ2n) is 5.51. The Morgan fingerprint density at radius 1 is 1.13 bits per heavy atom. The van der Waals surface area contributed by atoms with Crippen LogP contribution in [0.5, 0.6) is 11.5 Å². The number of para-hydroxylation sites is 1. The first kappa shape index (κ1) is 15.7. The van der Waals surface area contributed by atoms with Crippen LogP contribution < -0.4 is 14.4 Å². The van der Waals surface area contributed by atoms with Crippen LogP contribution in [0.15, 0.2) is 36.4 Å². The third-order valence-electron chi connectivity index (χ3n) is 4.28. The topological polar surface area (TPSA) is 38.8 Å². The summed E-state index contributed by atoms with van der Waals surface area (Å²) in [5.41, 5.74) is 2.86. The van der Waals surface area contributed by atoms with Crippen LogP contribution in [-0.4, -0.2) is 27.2 Å². The second-order valence-corrected chi connectivity index (χ2v) is 5.92. The van der Waals surface area contributed by atoms with Gasteiger partial charge in [0.25, 0.3) is 0 Å². The minimum Gasteiger partial charge on any atom is -0.493 e. The Labute approximate surface area is 140 Å². The van der Waals surface area contributed by atoms with Gasteiger partial charge in [-0.3, -0.25) is 4.79 Å². The molecule has 0 bridgehead atoms. The molecule has 23 heavy (non-hydrogen) atoms. The van der Waals surface area contributed by atoms with Crippen molar-refractivity contribution >= 4 is 23.2 Å². The molecule has 0 saturated heterocycles. The van der Waals surface area contributed by atoms with Gasteiger partial charge in [-0.2, -0.15) is 0 Å². The molecule has 1 heterocycles. The van der Waals surface area contributed by atoms with Gasteiger partial charge in [0.05, 0.1) is 20.1 Å². The largest absolute Gasteiger partial charge is 0.493 e. The number of carbonyl (C=O) groups is 1. The smallest absolute Gasteiger partial charge is 0.234 e. The van der Waals surface area contributed by atoms with Crippen LogP contribution >= 0.6 is 11.6 Å². The van der Waals surface area contributed by atoms with E-state index in [-0.39, 0.29) is 11.8 Å². The summed E-state index contributed by atoms with van der Waals surface area (Å²) < 4.78 is 10.6. The molecule has 1 atom stereocenters. The van der Waals surface area contributed by atoms with Crippen molar-refractivity contribution in [2.45, 2.75) is 12.3 Å². The van der Waals surface area contributed by atoms with Crippen LogP contribution in [-0.2, 0) is 11.2 Å². The third-order valence-corrected chi connectivity index (χ3v) is 4.63. The molecule has 4 nitrogen and oxygen atoms in total. The van der Waals surface area contributed by atoms with Crippen molar-refractivity contribution < 1.29 is 14.3 Å². The summed E-state index contributed by atoms with van der Waals surface area (Å²) in [4.78, 5) is 14.3. The normalized spacial score (nSPS) is 16.4. The molecule has 0 aliphatic carbocycles. The van der Waals surface area contributed by atoms with Crippen molar-refractivity contribution in [3.8, 4) is 11.5 Å². The van der Waals surface area contributed by atoms with Gasteiger partial charge in [0, 0.05) is 23.8 Å². The average molecular weight is 332 g/mol. The number of ether oxygens (including phenoxy) is 2. The van der Waals surface area contributed by atoms with Gasteiger partial charge in [-0.05, 0) is 29.7 Å². The second kappa shape index (κ2) is 6.13. The highest BCUT2D eigenvalue weighted by Gasteiger charge is 2.35. The van der Waals surface area contributed by atoms with E-state index in [4.69, 9.17) is 21.1 Å². The Morgan fingerprint density at radius 2 is 1.78 bits per heavy atom. The van der Waals surface area contributed by atoms with Gasteiger partial charge in [-0.15, -0.1) is 0 Å². The molecular formula is C18H18ClNO3. The lowest BCUT2D eigenvalue weighted by Gasteiger charge is -2.15. The number of anilines is 1. The van der Waals surface area contributed by atoms with Crippen LogP contribution in [0.2, 0.25) is 5.02 Å². The van der Waals surface area contributed by atoms with Crippen molar-refractivity contribution in [2.24, 2.45) is 0 Å². The van der Waals surface area contributed by atoms with E-state index in [1.54, 1.807) is 32.2 Å². The van der Waals surface area contributed by atoms with Gasteiger partial charge in [-0.25, -0.2) is 0 Å². The number of halogens is 1. The van der Waals surface area contributed by atoms with Gasteiger partial charge >= 0.3 is 0 Å². The lowest BCUT2D eigenvalue weighted by molar-refractivity contribution is -0.119. The predicted octanol–water partition coefficient (Wildman–Crippen LogP) is 3.66. The summed E-state index contributed by atoms with van der Waals surface area (Å²) in [7, 11) is 4.95. The van der Waals surface area contributed by atoms with Crippen molar-refractivity contribution in [3.05, 3.63) is 52.5 Å². The molecule has 3 rings (SSSR count). The first-order valence-electron chi connectivity index (χ1n) is 7.33. The molecule has 2 aromatic carbocycles. The number of hydrogen-bond acceptors (Lipinski definition) is 3. The van der Waals surface area contributed by atoms with Crippen molar-refractivity contribution in [1.29, 1.82) is 0 Å². The molecule has 1 amide bonds. The highest BCUT2D eigenvalue weighted by atomic mass is 35.5. The molecule has 2 aromatic rings. The van der Waals surface area contributed by atoms with Crippen LogP contribution in [0.1, 0.15) is 17.0 Å². The van der Waals surface area contributed by atoms with E-state index in [0.29, 0.717) is 22.9 Å². The van der Waals surface area contributed by atoms with Gasteiger partial charge in [0.1, 0.15) is 0 Å². The summed E-state index contributed by atoms with van der Waals surface area (Å²) >= 11 is 6.37. The number of rotatable bonds is 4. The van der Waals surface area contributed by atoms with E-state index in [1.807, 2.05) is 30.3 Å². The maximum atomic E-state index is 12.6. The molecule has 1 aliphatic rings. The summed E-state index contributed by atoms with van der Waals surface area (Å²) in [5.74, 6) is 1.04. The Kier molecular flexibility index (Phi) is 4.18. The standard InChI is InChI=1S/C18H18ClNO3/c1-20-15-7-5-4-6-12(15)13(18(20)21)8-11-9-16(22-2)17(23-3)10-14(11)19/h4-7,9-10,13H,8H2,1-3H3. The molecule has 0 N–H and O–H groups in total. The first-order chi connectivity index (χ1) is 11.1. The van der Waals surface area contributed by atoms with E-state index in [1.165, 1.54) is 0 Å². The highest BCUT2D eigenvalue weighted by Crippen LogP contribution is 2.41. The quantitative estimate of drug-likeness (QED) is 0.858. The summed E-state index contributed by atoms with van der Waals surface area (Å²) in [6.45, 7) is 0. The SMILES string of the molecule is COc1cc(Cl)c(CC2C(=O)N(C)c3ccccc32)cc1OC. The lowest BCUT2D eigenvalue weighted by atomic mass is 9.93. The molecule has 5 heteroatoms. The minimum atomic E-state index is -0.230. The number of benzene rings is 2. The summed E-state index contributed by atoms with van der Waals surface area (Å²) in [5, 5.41) is 0.572. The average Bonchev–Trinajstić information content (AvgIpc) is 2.81. The van der Waals surface area contributed by atoms with Crippen molar-refractivity contribution in [1.82, 2.24) is 0 Å². The fourth-order valence-corrected chi connectivity index (χ4v) is 3.27. The minimum absolute atomic E-state index is 0.0806.